The molecule has 2 aromatic rings. The SMILES string of the molecule is COCCC(NC(=O)c1sc(Cc2ccccc2)nc1C)C(=O)O. The maximum atomic E-state index is 12.4. The highest BCUT2D eigenvalue weighted by molar-refractivity contribution is 7.13. The normalized spacial score (nSPS) is 11.9. The Bertz CT molecular complexity index is 700. The number of ether oxygens (including phenoxy) is 1. The van der Waals surface area contributed by atoms with Crippen molar-refractivity contribution in [3.05, 3.63) is 51.5 Å². The zero-order chi connectivity index (χ0) is 17.5. The van der Waals surface area contributed by atoms with E-state index in [1.807, 2.05) is 30.3 Å². The zero-order valence-corrected chi connectivity index (χ0v) is 14.4. The second kappa shape index (κ2) is 8.56. The molecule has 1 amide bonds. The second-order valence-corrected chi connectivity index (χ2v) is 6.41. The van der Waals surface area contributed by atoms with E-state index in [-0.39, 0.29) is 13.0 Å². The summed E-state index contributed by atoms with van der Waals surface area (Å²) in [4.78, 5) is 28.5. The Morgan fingerprint density at radius 3 is 2.67 bits per heavy atom. The number of hydrogen-bond acceptors (Lipinski definition) is 5. The number of hydrogen-bond donors (Lipinski definition) is 2. The van der Waals surface area contributed by atoms with Crippen LogP contribution in [0.5, 0.6) is 0 Å². The molecule has 7 heteroatoms. The van der Waals surface area contributed by atoms with Gasteiger partial charge in [-0.05, 0) is 12.5 Å². The number of aliphatic carboxylic acids is 1. The van der Waals surface area contributed by atoms with Crippen LogP contribution >= 0.6 is 11.3 Å². The number of aryl methyl sites for hydroxylation is 1. The van der Waals surface area contributed by atoms with E-state index in [2.05, 4.69) is 10.3 Å². The molecule has 0 aliphatic heterocycles. The second-order valence-electron chi connectivity index (χ2n) is 5.33. The van der Waals surface area contributed by atoms with E-state index in [9.17, 15) is 14.7 Å². The van der Waals surface area contributed by atoms with Crippen LogP contribution in [-0.4, -0.2) is 41.7 Å². The van der Waals surface area contributed by atoms with Gasteiger partial charge in [0.05, 0.1) is 10.7 Å². The first kappa shape index (κ1) is 18.1. The lowest BCUT2D eigenvalue weighted by Crippen LogP contribution is -2.41. The number of carbonyl (C=O) groups excluding carboxylic acids is 1. The van der Waals surface area contributed by atoms with E-state index in [1.54, 1.807) is 6.92 Å². The predicted molar refractivity (Wildman–Crippen MR) is 91.5 cm³/mol. The van der Waals surface area contributed by atoms with E-state index < -0.39 is 17.9 Å². The third kappa shape index (κ3) is 4.87. The molecule has 1 aromatic carbocycles. The van der Waals surface area contributed by atoms with Crippen molar-refractivity contribution >= 4 is 23.2 Å². The number of thiazole rings is 1. The van der Waals surface area contributed by atoms with Gasteiger partial charge < -0.3 is 15.2 Å². The Morgan fingerprint density at radius 2 is 2.04 bits per heavy atom. The number of carboxylic acids is 1. The maximum Gasteiger partial charge on any atom is 0.326 e. The van der Waals surface area contributed by atoms with Gasteiger partial charge in [0, 0.05) is 26.6 Å². The van der Waals surface area contributed by atoms with E-state index in [4.69, 9.17) is 4.74 Å². The molecule has 128 valence electrons. The fourth-order valence-corrected chi connectivity index (χ4v) is 3.23. The van der Waals surface area contributed by atoms with Crippen LogP contribution < -0.4 is 5.32 Å². The summed E-state index contributed by atoms with van der Waals surface area (Å²) in [5.74, 6) is -1.49. The number of nitrogens with one attached hydrogen (secondary N) is 1. The van der Waals surface area contributed by atoms with Crippen molar-refractivity contribution in [1.29, 1.82) is 0 Å². The Hall–Kier alpha value is -2.25. The molecule has 1 heterocycles. The molecule has 1 atom stereocenters. The zero-order valence-electron chi connectivity index (χ0n) is 13.6. The van der Waals surface area contributed by atoms with E-state index in [0.717, 1.165) is 10.6 Å². The number of carboxylic acid groups (broad SMARTS) is 1. The van der Waals surface area contributed by atoms with Crippen molar-refractivity contribution in [2.45, 2.75) is 25.8 Å². The van der Waals surface area contributed by atoms with Crippen LogP contribution in [0, 0.1) is 6.92 Å². The summed E-state index contributed by atoms with van der Waals surface area (Å²) in [7, 11) is 1.49. The lowest BCUT2D eigenvalue weighted by molar-refractivity contribution is -0.139. The Balaban J connectivity index is 2.08. The van der Waals surface area contributed by atoms with Gasteiger partial charge in [-0.3, -0.25) is 4.79 Å². The highest BCUT2D eigenvalue weighted by atomic mass is 32.1. The van der Waals surface area contributed by atoms with Gasteiger partial charge in [0.25, 0.3) is 5.91 Å². The average molecular weight is 348 g/mol. The van der Waals surface area contributed by atoms with Crippen molar-refractivity contribution in [1.82, 2.24) is 10.3 Å². The summed E-state index contributed by atoms with van der Waals surface area (Å²) >= 11 is 1.29. The molecule has 0 bridgehead atoms. The summed E-state index contributed by atoms with van der Waals surface area (Å²) in [5, 5.41) is 12.5. The molecule has 0 saturated heterocycles. The van der Waals surface area contributed by atoms with Crippen molar-refractivity contribution in [3.63, 3.8) is 0 Å². The van der Waals surface area contributed by atoms with Crippen LogP contribution in [0.1, 0.15) is 32.4 Å². The molecule has 24 heavy (non-hydrogen) atoms. The molecule has 0 aliphatic rings. The molecule has 2 rings (SSSR count). The first-order valence-electron chi connectivity index (χ1n) is 7.54. The molecule has 1 unspecified atom stereocenters. The molecule has 0 fully saturated rings. The smallest absolute Gasteiger partial charge is 0.326 e. The quantitative estimate of drug-likeness (QED) is 0.764. The van der Waals surface area contributed by atoms with Crippen LogP contribution in [0.4, 0.5) is 0 Å². The summed E-state index contributed by atoms with van der Waals surface area (Å²) in [5.41, 5.74) is 1.72. The van der Waals surface area contributed by atoms with Gasteiger partial charge in [-0.25, -0.2) is 9.78 Å². The number of aromatic nitrogens is 1. The minimum Gasteiger partial charge on any atom is -0.480 e. The van der Waals surface area contributed by atoms with Gasteiger partial charge in [-0.2, -0.15) is 0 Å². The minimum absolute atomic E-state index is 0.215. The van der Waals surface area contributed by atoms with Crippen molar-refractivity contribution in [2.24, 2.45) is 0 Å². The Labute approximate surface area is 144 Å². The van der Waals surface area contributed by atoms with Gasteiger partial charge in [0.1, 0.15) is 10.9 Å². The van der Waals surface area contributed by atoms with Crippen LogP contribution in [-0.2, 0) is 16.0 Å². The largest absolute Gasteiger partial charge is 0.480 e. The van der Waals surface area contributed by atoms with Crippen LogP contribution in [0.3, 0.4) is 0 Å². The van der Waals surface area contributed by atoms with E-state index >= 15 is 0 Å². The Morgan fingerprint density at radius 1 is 1.33 bits per heavy atom. The molecule has 0 spiro atoms. The van der Waals surface area contributed by atoms with Gasteiger partial charge in [0.2, 0.25) is 0 Å². The van der Waals surface area contributed by atoms with Crippen LogP contribution in [0.25, 0.3) is 0 Å². The van der Waals surface area contributed by atoms with Crippen LogP contribution in [0.15, 0.2) is 30.3 Å². The number of methoxy groups -OCH3 is 1. The minimum atomic E-state index is -1.08. The van der Waals surface area contributed by atoms with E-state index in [0.29, 0.717) is 17.0 Å². The van der Waals surface area contributed by atoms with Gasteiger partial charge >= 0.3 is 5.97 Å². The number of carbonyl (C=O) groups is 2. The molecule has 0 radical (unpaired) electrons. The molecule has 0 saturated carbocycles. The number of amides is 1. The fraction of sp³-hybridized carbons (Fsp3) is 0.353. The summed E-state index contributed by atoms with van der Waals surface area (Å²) in [6.45, 7) is 2.02. The molecule has 1 aromatic heterocycles. The monoisotopic (exact) mass is 348 g/mol. The summed E-state index contributed by atoms with van der Waals surface area (Å²) in [6, 6.07) is 8.88. The molecule has 0 aliphatic carbocycles. The van der Waals surface area contributed by atoms with Crippen molar-refractivity contribution in [2.75, 3.05) is 13.7 Å². The topological polar surface area (TPSA) is 88.5 Å². The summed E-state index contributed by atoms with van der Waals surface area (Å²) < 4.78 is 4.88. The third-order valence-electron chi connectivity index (χ3n) is 3.46. The molecule has 2 N–H and O–H groups in total. The highest BCUT2D eigenvalue weighted by Crippen LogP contribution is 2.21. The number of benzene rings is 1. The maximum absolute atomic E-state index is 12.4. The van der Waals surface area contributed by atoms with Gasteiger partial charge in [-0.15, -0.1) is 11.3 Å². The Kier molecular flexibility index (Phi) is 6.45. The first-order chi connectivity index (χ1) is 11.5. The van der Waals surface area contributed by atoms with Crippen molar-refractivity contribution < 1.29 is 19.4 Å². The fourth-order valence-electron chi connectivity index (χ4n) is 2.23. The number of nitrogens with zero attached hydrogens (tertiary/aromatic N) is 1. The molecule has 6 nitrogen and oxygen atoms in total. The van der Waals surface area contributed by atoms with Crippen molar-refractivity contribution in [3.8, 4) is 0 Å². The van der Waals surface area contributed by atoms with Gasteiger partial charge in [0.15, 0.2) is 0 Å². The highest BCUT2D eigenvalue weighted by Gasteiger charge is 2.23. The predicted octanol–water partition coefficient (Wildman–Crippen LogP) is 2.26. The molecular formula is C17H20N2O4S. The number of rotatable bonds is 8. The standard InChI is InChI=1S/C17H20N2O4S/c1-11-15(16(20)19-13(17(21)22)8-9-23-2)24-14(18-11)10-12-6-4-3-5-7-12/h3-7,13H,8-10H2,1-2H3,(H,19,20)(H,21,22). The lowest BCUT2D eigenvalue weighted by atomic mass is 10.2. The van der Waals surface area contributed by atoms with Crippen LogP contribution in [0.2, 0.25) is 0 Å². The first-order valence-corrected chi connectivity index (χ1v) is 8.35. The lowest BCUT2D eigenvalue weighted by Gasteiger charge is -2.13. The third-order valence-corrected chi connectivity index (χ3v) is 4.62. The van der Waals surface area contributed by atoms with E-state index in [1.165, 1.54) is 18.4 Å². The van der Waals surface area contributed by atoms with Gasteiger partial charge in [-0.1, -0.05) is 30.3 Å². The molecular weight excluding hydrogens is 328 g/mol. The summed E-state index contributed by atoms with van der Waals surface area (Å²) in [6.07, 6.45) is 0.859. The average Bonchev–Trinajstić information content (AvgIpc) is 2.92.